The quantitative estimate of drug-likeness (QED) is 0.109. The average Bonchev–Trinajstić information content (AvgIpc) is 1.57. The predicted molar refractivity (Wildman–Crippen MR) is 626 cm³/mol. The van der Waals surface area contributed by atoms with Crippen LogP contribution in [-0.4, -0.2) is 9.13 Å². The van der Waals surface area contributed by atoms with Crippen molar-refractivity contribution in [1.29, 1.82) is 10.5 Å². The largest absolute Gasteiger partial charge is 0.456 e. The van der Waals surface area contributed by atoms with E-state index in [0.717, 1.165) is 48.7 Å². The molecule has 0 amide bonds. The molecule has 0 aliphatic carbocycles. The molecule has 694 valence electrons. The summed E-state index contributed by atoms with van der Waals surface area (Å²) in [5.74, 6) is 0. The van der Waals surface area contributed by atoms with Crippen molar-refractivity contribution in [2.24, 2.45) is 0 Å². The highest BCUT2D eigenvalue weighted by atomic mass is 32.1. The Labute approximate surface area is 863 Å². The molecule has 0 fully saturated rings. The van der Waals surface area contributed by atoms with Gasteiger partial charge in [0, 0.05) is 104 Å². The molecule has 5 nitrogen and oxygen atoms in total. The predicted octanol–water partition coefficient (Wildman–Crippen LogP) is 38.1. The molecule has 0 bridgehead atoms. The monoisotopic (exact) mass is 1930 g/mol. The molecule has 29 rings (SSSR count). The third-order valence-electron chi connectivity index (χ3n) is 28.6. The molecule has 0 radical (unpaired) electrons. The van der Waals surface area contributed by atoms with Crippen molar-refractivity contribution in [1.82, 2.24) is 9.13 Å². The Morgan fingerprint density at radius 3 is 1.03 bits per heavy atom. The molecule has 0 saturated heterocycles. The van der Waals surface area contributed by atoms with E-state index in [9.17, 15) is 0 Å². The highest BCUT2D eigenvalue weighted by molar-refractivity contribution is 7.26. The zero-order chi connectivity index (χ0) is 98.0. The number of hydrogen-bond acceptors (Lipinski definition) is 6. The summed E-state index contributed by atoms with van der Waals surface area (Å²) in [6.45, 7) is 0. The molecule has 0 spiro atoms. The van der Waals surface area contributed by atoms with Crippen molar-refractivity contribution in [3.8, 4) is 45.8 Å². The van der Waals surface area contributed by atoms with E-state index in [-0.39, 0.29) is 0 Å². The second kappa shape index (κ2) is 40.0. The number of rotatable bonds is 14. The number of thiophene rings is 3. The van der Waals surface area contributed by atoms with Gasteiger partial charge in [0.2, 0.25) is 0 Å². The minimum Gasteiger partial charge on any atom is -0.456 e. The van der Waals surface area contributed by atoms with Gasteiger partial charge in [-0.3, -0.25) is 0 Å². The highest BCUT2D eigenvalue weighted by Gasteiger charge is 2.21. The molecule has 8 heteroatoms. The van der Waals surface area contributed by atoms with E-state index in [1.165, 1.54) is 231 Å². The molecule has 147 heavy (non-hydrogen) atoms. The van der Waals surface area contributed by atoms with Crippen LogP contribution in [0.25, 0.3) is 192 Å². The van der Waals surface area contributed by atoms with Gasteiger partial charge in [0.25, 0.3) is 0 Å². The molecule has 0 N–H and O–H groups in total. The van der Waals surface area contributed by atoms with Crippen LogP contribution in [0.15, 0.2) is 514 Å². The lowest BCUT2D eigenvalue weighted by atomic mass is 9.98. The highest BCUT2D eigenvalue weighted by Crippen LogP contribution is 2.45. The van der Waals surface area contributed by atoms with Crippen molar-refractivity contribution < 1.29 is 4.42 Å². The number of nitrogens with zero attached hydrogens (tertiary/aromatic N) is 4. The first-order valence-corrected chi connectivity index (χ1v) is 52.5. The first-order chi connectivity index (χ1) is 72.7. The van der Waals surface area contributed by atoms with Crippen molar-refractivity contribution in [2.45, 2.75) is 32.1 Å². The Bertz CT molecular complexity index is 9760. The van der Waals surface area contributed by atoms with Crippen LogP contribution in [0, 0.1) is 22.7 Å². The molecule has 0 saturated carbocycles. The van der Waals surface area contributed by atoms with Crippen molar-refractivity contribution >= 4 is 192 Å². The normalized spacial score (nSPS) is 11.4. The van der Waals surface area contributed by atoms with E-state index in [1.807, 2.05) is 82.5 Å². The Kier molecular flexibility index (Phi) is 24.5. The van der Waals surface area contributed by atoms with Gasteiger partial charge in [0.1, 0.15) is 11.2 Å². The van der Waals surface area contributed by atoms with Crippen LogP contribution in [0.1, 0.15) is 66.8 Å². The molecule has 6 heterocycles. The third kappa shape index (κ3) is 18.3. The van der Waals surface area contributed by atoms with Crippen molar-refractivity contribution in [3.63, 3.8) is 0 Å². The maximum Gasteiger partial charge on any atom is 0.136 e. The first-order valence-electron chi connectivity index (χ1n) is 50.0. The van der Waals surface area contributed by atoms with Gasteiger partial charge in [0.05, 0.1) is 45.3 Å². The summed E-state index contributed by atoms with van der Waals surface area (Å²) >= 11 is 5.65. The second-order valence-corrected chi connectivity index (χ2v) is 41.2. The van der Waals surface area contributed by atoms with Gasteiger partial charge in [-0.25, -0.2) is 0 Å². The van der Waals surface area contributed by atoms with Gasteiger partial charge >= 0.3 is 0 Å². The number of fused-ring (bicyclic) bond motifs is 24. The Balaban J connectivity index is 0.0000000962. The Morgan fingerprint density at radius 1 is 0.184 bits per heavy atom. The van der Waals surface area contributed by atoms with Gasteiger partial charge in [-0.1, -0.05) is 382 Å². The van der Waals surface area contributed by atoms with Crippen LogP contribution >= 0.6 is 34.0 Å². The molecular weight excluding hydrogens is 1840 g/mol. The molecule has 23 aromatic carbocycles. The molecule has 29 aromatic rings. The maximum absolute atomic E-state index is 8.93. The average molecular weight is 1930 g/mol. The van der Waals surface area contributed by atoms with Crippen LogP contribution < -0.4 is 0 Å². The van der Waals surface area contributed by atoms with Crippen LogP contribution in [0.3, 0.4) is 0 Å². The zero-order valence-electron chi connectivity index (χ0n) is 80.5. The number of hydrogen-bond donors (Lipinski definition) is 0. The number of nitriles is 2. The standard InChI is InChI=1S/C35H25N.C31H23N.C25H16S2.C24H15NO.C24H15NS/c1-3-9-27(10-4-1)28-18-15-25(16-19-28)23-26-17-21-33-32(24-26)35-31-14-8-7-11-29(31)20-22-34(35)36(33)30-12-5-2-6-13-30;1-3-9-25(10-4-1)26-18-15-23(16-19-26)21-24-17-20-29-28-13-7-8-14-30(28)32(31(29)22-24)27-11-5-2-6-12-27;1-3-7-22-18(5-1)20-11-9-16(14-24(20)26-22)13-17-10-12-21-19-6-2-4-8-23(19)27-25(21)15-17;2*25-15-17-7-5-16(6-8-17)13-18-9-11-21-23(14-18)26-22-12-10-19-3-1-2-4-20(19)24(21)22/h1-22,24H,23H2;1-20,22H,21H2;1-12,14-15H,13H2;2*1-12,14H,13H2. The lowest BCUT2D eigenvalue weighted by Gasteiger charge is -2.09. The van der Waals surface area contributed by atoms with Gasteiger partial charge in [-0.2, -0.15) is 10.5 Å². The number of furan rings is 1. The Morgan fingerprint density at radius 2 is 0.510 bits per heavy atom. The SMILES string of the molecule is N#Cc1ccc(Cc2ccc3c(c2)oc2ccc4ccccc4c23)cc1.N#Cc1ccc(Cc2ccc3c(c2)sc2ccc4ccccc4c23)cc1.c1ccc(-c2ccc(Cc3ccc4c(c3)c3c5ccccc5ccc3n4-c3ccccc3)cc2)cc1.c1ccc(-c2ccc(Cc3ccc4c5ccccc5n(-c5ccccc5)c4c3)cc2)cc1.c1ccc2c(c1)sc1cc(Cc3ccc4c(c3)sc3ccccc34)ccc12. The lowest BCUT2D eigenvalue weighted by Crippen LogP contribution is -1.94. The van der Waals surface area contributed by atoms with E-state index < -0.39 is 0 Å². The van der Waals surface area contributed by atoms with Crippen LogP contribution in [0.2, 0.25) is 0 Å². The molecule has 0 aliphatic heterocycles. The van der Waals surface area contributed by atoms with Crippen molar-refractivity contribution in [2.75, 3.05) is 0 Å². The van der Waals surface area contributed by atoms with E-state index in [4.69, 9.17) is 14.9 Å². The number of para-hydroxylation sites is 3. The summed E-state index contributed by atoms with van der Waals surface area (Å²) in [6.07, 6.45) is 4.51. The fraction of sp³-hybridized carbons (Fsp3) is 0.0360. The minimum absolute atomic E-state index is 0.688. The first kappa shape index (κ1) is 90.2. The van der Waals surface area contributed by atoms with Crippen LogP contribution in [-0.2, 0) is 32.1 Å². The fourth-order valence-electron chi connectivity index (χ4n) is 21.4. The van der Waals surface area contributed by atoms with Crippen LogP contribution in [0.5, 0.6) is 0 Å². The summed E-state index contributed by atoms with van der Waals surface area (Å²) in [7, 11) is 0. The summed E-state index contributed by atoms with van der Waals surface area (Å²) in [6, 6.07) is 186. The van der Waals surface area contributed by atoms with E-state index >= 15 is 0 Å². The van der Waals surface area contributed by atoms with Gasteiger partial charge in [0.15, 0.2) is 0 Å². The lowest BCUT2D eigenvalue weighted by molar-refractivity contribution is 0.668. The summed E-state index contributed by atoms with van der Waals surface area (Å²) in [4.78, 5) is 0. The van der Waals surface area contributed by atoms with Crippen molar-refractivity contribution in [3.05, 3.63) is 576 Å². The molecule has 6 aromatic heterocycles. The van der Waals surface area contributed by atoms with Gasteiger partial charge in [-0.05, 0) is 270 Å². The third-order valence-corrected chi connectivity index (χ3v) is 31.9. The summed E-state index contributed by atoms with van der Waals surface area (Å²) in [5.41, 5.74) is 28.7. The molecular formula is C139H94N4OS3. The minimum atomic E-state index is 0.688. The van der Waals surface area contributed by atoms with E-state index in [0.29, 0.717) is 11.1 Å². The molecule has 0 aliphatic rings. The summed E-state index contributed by atoms with van der Waals surface area (Å²) in [5, 5.41) is 41.3. The smallest absolute Gasteiger partial charge is 0.136 e. The second-order valence-electron chi connectivity index (χ2n) is 37.9. The zero-order valence-corrected chi connectivity index (χ0v) is 82.9. The number of benzene rings is 23. The number of aromatic nitrogens is 2. The maximum atomic E-state index is 8.93. The summed E-state index contributed by atoms with van der Waals surface area (Å²) < 4.78 is 19.1. The van der Waals surface area contributed by atoms with Crippen LogP contribution in [0.4, 0.5) is 0 Å². The van der Waals surface area contributed by atoms with E-state index in [2.05, 4.69) is 482 Å². The molecule has 0 unspecified atom stereocenters. The van der Waals surface area contributed by atoms with Gasteiger partial charge < -0.3 is 13.6 Å². The molecule has 0 atom stereocenters. The van der Waals surface area contributed by atoms with Gasteiger partial charge in [-0.15, -0.1) is 34.0 Å². The topological polar surface area (TPSA) is 70.6 Å². The Hall–Kier alpha value is -18.1. The van der Waals surface area contributed by atoms with E-state index in [1.54, 1.807) is 0 Å². The fourth-order valence-corrected chi connectivity index (χ4v) is 24.9.